The molecule has 1 aromatic rings. The summed E-state index contributed by atoms with van der Waals surface area (Å²) in [4.78, 5) is 12.9. The SMILES string of the molecule is CC(C)NC(=O)CSCC1Cc2ccccc2S1. The lowest BCUT2D eigenvalue weighted by molar-refractivity contribution is -0.119. The van der Waals surface area contributed by atoms with E-state index in [-0.39, 0.29) is 11.9 Å². The van der Waals surface area contributed by atoms with Crippen LogP contribution in [0, 0.1) is 0 Å². The van der Waals surface area contributed by atoms with Crippen molar-refractivity contribution in [3.63, 3.8) is 0 Å². The first kappa shape index (κ1) is 13.8. The topological polar surface area (TPSA) is 29.1 Å². The van der Waals surface area contributed by atoms with Crippen molar-refractivity contribution in [2.45, 2.75) is 36.5 Å². The van der Waals surface area contributed by atoms with E-state index in [1.807, 2.05) is 25.6 Å². The molecule has 1 unspecified atom stereocenters. The number of carbonyl (C=O) groups is 1. The maximum Gasteiger partial charge on any atom is 0.230 e. The molecule has 0 saturated heterocycles. The van der Waals surface area contributed by atoms with Crippen LogP contribution in [0.4, 0.5) is 0 Å². The highest BCUT2D eigenvalue weighted by atomic mass is 32.2. The first-order chi connectivity index (χ1) is 8.65. The lowest BCUT2D eigenvalue weighted by Crippen LogP contribution is -2.31. The molecule has 0 fully saturated rings. The third kappa shape index (κ3) is 3.95. The van der Waals surface area contributed by atoms with Crippen molar-refractivity contribution in [1.82, 2.24) is 5.32 Å². The van der Waals surface area contributed by atoms with Crippen molar-refractivity contribution in [1.29, 1.82) is 0 Å². The first-order valence-corrected chi connectivity index (χ1v) is 8.30. The molecule has 1 amide bonds. The highest BCUT2D eigenvalue weighted by Crippen LogP contribution is 2.37. The maximum absolute atomic E-state index is 11.5. The van der Waals surface area contributed by atoms with Gasteiger partial charge in [0, 0.05) is 21.9 Å². The molecular weight excluding hydrogens is 262 g/mol. The van der Waals surface area contributed by atoms with E-state index in [9.17, 15) is 4.79 Å². The molecule has 1 aliphatic heterocycles. The Balaban J connectivity index is 1.69. The number of rotatable bonds is 5. The van der Waals surface area contributed by atoms with Gasteiger partial charge in [-0.3, -0.25) is 4.79 Å². The predicted octanol–water partition coefficient (Wildman–Crippen LogP) is 2.96. The molecule has 1 N–H and O–H groups in total. The Labute approximate surface area is 117 Å². The van der Waals surface area contributed by atoms with Gasteiger partial charge in [-0.15, -0.1) is 11.8 Å². The van der Waals surface area contributed by atoms with E-state index in [1.165, 1.54) is 10.5 Å². The van der Waals surface area contributed by atoms with E-state index in [0.29, 0.717) is 11.0 Å². The van der Waals surface area contributed by atoms with Gasteiger partial charge >= 0.3 is 0 Å². The number of fused-ring (bicyclic) bond motifs is 1. The second kappa shape index (κ2) is 6.53. The normalized spacial score (nSPS) is 17.8. The quantitative estimate of drug-likeness (QED) is 0.899. The summed E-state index contributed by atoms with van der Waals surface area (Å²) in [6, 6.07) is 8.83. The van der Waals surface area contributed by atoms with Gasteiger partial charge in [0.15, 0.2) is 0 Å². The van der Waals surface area contributed by atoms with Gasteiger partial charge in [-0.05, 0) is 31.9 Å². The van der Waals surface area contributed by atoms with Crippen molar-refractivity contribution in [3.8, 4) is 0 Å². The van der Waals surface area contributed by atoms with E-state index in [2.05, 4.69) is 29.6 Å². The third-order valence-corrected chi connectivity index (χ3v) is 5.33. The van der Waals surface area contributed by atoms with Crippen molar-refractivity contribution < 1.29 is 4.79 Å². The average Bonchev–Trinajstić information content (AvgIpc) is 2.70. The van der Waals surface area contributed by atoms with Crippen LogP contribution in [0.5, 0.6) is 0 Å². The van der Waals surface area contributed by atoms with Gasteiger partial charge in [-0.25, -0.2) is 0 Å². The Hall–Kier alpha value is -0.610. The van der Waals surface area contributed by atoms with Gasteiger partial charge in [0.25, 0.3) is 0 Å². The van der Waals surface area contributed by atoms with Gasteiger partial charge in [-0.1, -0.05) is 18.2 Å². The maximum atomic E-state index is 11.5. The summed E-state index contributed by atoms with van der Waals surface area (Å²) < 4.78 is 0. The van der Waals surface area contributed by atoms with Gasteiger partial charge in [0.2, 0.25) is 5.91 Å². The molecule has 18 heavy (non-hydrogen) atoms. The van der Waals surface area contributed by atoms with Crippen molar-refractivity contribution >= 4 is 29.4 Å². The fourth-order valence-electron chi connectivity index (χ4n) is 1.99. The summed E-state index contributed by atoms with van der Waals surface area (Å²) >= 11 is 3.69. The molecule has 4 heteroatoms. The minimum Gasteiger partial charge on any atom is -0.353 e. The Bertz CT molecular complexity index is 395. The summed E-state index contributed by atoms with van der Waals surface area (Å²) in [5.41, 5.74) is 1.46. The highest BCUT2D eigenvalue weighted by Gasteiger charge is 2.21. The zero-order chi connectivity index (χ0) is 13.0. The van der Waals surface area contributed by atoms with Crippen molar-refractivity contribution in [2.75, 3.05) is 11.5 Å². The molecular formula is C14H19NOS2. The van der Waals surface area contributed by atoms with Gasteiger partial charge in [0.1, 0.15) is 0 Å². The first-order valence-electron chi connectivity index (χ1n) is 6.27. The number of hydrogen-bond donors (Lipinski definition) is 1. The van der Waals surface area contributed by atoms with Crippen LogP contribution in [-0.4, -0.2) is 28.7 Å². The van der Waals surface area contributed by atoms with Crippen LogP contribution in [0.25, 0.3) is 0 Å². The molecule has 2 nitrogen and oxygen atoms in total. The fraction of sp³-hybridized carbons (Fsp3) is 0.500. The number of benzene rings is 1. The number of amides is 1. The molecule has 0 saturated carbocycles. The van der Waals surface area contributed by atoms with E-state index in [0.717, 1.165) is 12.2 Å². The molecule has 0 spiro atoms. The van der Waals surface area contributed by atoms with E-state index >= 15 is 0 Å². The summed E-state index contributed by atoms with van der Waals surface area (Å²) in [6.07, 6.45) is 1.14. The number of carbonyl (C=O) groups excluding carboxylic acids is 1. The Morgan fingerprint density at radius 1 is 1.50 bits per heavy atom. The van der Waals surface area contributed by atoms with Gasteiger partial charge < -0.3 is 5.32 Å². The largest absolute Gasteiger partial charge is 0.353 e. The molecule has 0 radical (unpaired) electrons. The lowest BCUT2D eigenvalue weighted by atomic mass is 10.1. The van der Waals surface area contributed by atoms with Crippen molar-refractivity contribution in [3.05, 3.63) is 29.8 Å². The molecule has 1 heterocycles. The zero-order valence-corrected chi connectivity index (χ0v) is 12.4. The smallest absolute Gasteiger partial charge is 0.230 e. The highest BCUT2D eigenvalue weighted by molar-refractivity contribution is 8.03. The summed E-state index contributed by atoms with van der Waals surface area (Å²) in [6.45, 7) is 3.98. The summed E-state index contributed by atoms with van der Waals surface area (Å²) in [5, 5.41) is 3.54. The molecule has 1 aromatic carbocycles. The summed E-state index contributed by atoms with van der Waals surface area (Å²) in [5.74, 6) is 1.77. The molecule has 98 valence electrons. The number of hydrogen-bond acceptors (Lipinski definition) is 3. The Kier molecular flexibility index (Phi) is 5.01. The van der Waals surface area contributed by atoms with Crippen LogP contribution >= 0.6 is 23.5 Å². The second-order valence-electron chi connectivity index (χ2n) is 4.79. The molecule has 0 aromatic heterocycles. The second-order valence-corrected chi connectivity index (χ2v) is 7.16. The zero-order valence-electron chi connectivity index (χ0n) is 10.8. The molecule has 1 atom stereocenters. The average molecular weight is 281 g/mol. The third-order valence-electron chi connectivity index (χ3n) is 2.70. The minimum atomic E-state index is 0.149. The van der Waals surface area contributed by atoms with Crippen molar-refractivity contribution in [2.24, 2.45) is 0 Å². The minimum absolute atomic E-state index is 0.149. The van der Waals surface area contributed by atoms with Crippen LogP contribution in [0.15, 0.2) is 29.2 Å². The van der Waals surface area contributed by atoms with Crippen LogP contribution in [-0.2, 0) is 11.2 Å². The van der Waals surface area contributed by atoms with Crippen LogP contribution in [0.2, 0.25) is 0 Å². The fourth-order valence-corrected chi connectivity index (χ4v) is 4.40. The van der Waals surface area contributed by atoms with E-state index in [1.54, 1.807) is 11.8 Å². The summed E-state index contributed by atoms with van der Waals surface area (Å²) in [7, 11) is 0. The van der Waals surface area contributed by atoms with E-state index < -0.39 is 0 Å². The predicted molar refractivity (Wildman–Crippen MR) is 80.4 cm³/mol. The van der Waals surface area contributed by atoms with E-state index in [4.69, 9.17) is 0 Å². The monoisotopic (exact) mass is 281 g/mol. The lowest BCUT2D eigenvalue weighted by Gasteiger charge is -2.10. The molecule has 2 rings (SSSR count). The Morgan fingerprint density at radius 2 is 2.28 bits per heavy atom. The molecule has 1 aliphatic rings. The number of thioether (sulfide) groups is 2. The van der Waals surface area contributed by atoms with Gasteiger partial charge in [-0.2, -0.15) is 11.8 Å². The Morgan fingerprint density at radius 3 is 3.00 bits per heavy atom. The van der Waals surface area contributed by atoms with Crippen LogP contribution < -0.4 is 5.32 Å². The number of nitrogens with one attached hydrogen (secondary N) is 1. The van der Waals surface area contributed by atoms with Gasteiger partial charge in [0.05, 0.1) is 5.75 Å². The standard InChI is InChI=1S/C14H19NOS2/c1-10(2)15-14(16)9-17-8-12-7-11-5-3-4-6-13(11)18-12/h3-6,10,12H,7-9H2,1-2H3,(H,15,16). The molecule has 0 aliphatic carbocycles. The molecule has 0 bridgehead atoms. The van der Waals surface area contributed by atoms with Crippen LogP contribution in [0.3, 0.4) is 0 Å². The van der Waals surface area contributed by atoms with Crippen LogP contribution in [0.1, 0.15) is 19.4 Å².